The van der Waals surface area contributed by atoms with Gasteiger partial charge < -0.3 is 10.2 Å². The zero-order valence-corrected chi connectivity index (χ0v) is 17.4. The predicted octanol–water partition coefficient (Wildman–Crippen LogP) is 4.62. The molecule has 2 amide bonds. The number of anilines is 1. The van der Waals surface area contributed by atoms with Crippen LogP contribution in [0, 0.1) is 26.6 Å². The molecule has 0 aromatic heterocycles. The molecular formula is C21H22BrFN2O2. The van der Waals surface area contributed by atoms with Gasteiger partial charge in [-0.15, -0.1) is 0 Å². The average molecular weight is 433 g/mol. The first kappa shape index (κ1) is 20.8. The molecule has 0 aliphatic rings. The summed E-state index contributed by atoms with van der Waals surface area (Å²) in [6.45, 7) is 5.76. The Morgan fingerprint density at radius 2 is 1.78 bits per heavy atom. The SMILES string of the molecule is Cc1cc(C)c(NC(=O)CN(C)C(=O)/C=C/c2cc(Br)ccc2F)c(C)c1. The van der Waals surface area contributed by atoms with Crippen LogP contribution < -0.4 is 5.32 Å². The van der Waals surface area contributed by atoms with Crippen molar-refractivity contribution in [2.75, 3.05) is 18.9 Å². The Labute approximate surface area is 167 Å². The number of nitrogens with zero attached hydrogens (tertiary/aromatic N) is 1. The van der Waals surface area contributed by atoms with Gasteiger partial charge in [0.2, 0.25) is 11.8 Å². The summed E-state index contributed by atoms with van der Waals surface area (Å²) >= 11 is 3.26. The fourth-order valence-corrected chi connectivity index (χ4v) is 3.16. The Bertz CT molecular complexity index is 886. The molecule has 0 atom stereocenters. The normalized spacial score (nSPS) is 10.9. The maximum Gasteiger partial charge on any atom is 0.246 e. The van der Waals surface area contributed by atoms with Crippen LogP contribution in [0.15, 0.2) is 40.9 Å². The van der Waals surface area contributed by atoms with Gasteiger partial charge in [-0.25, -0.2) is 4.39 Å². The summed E-state index contributed by atoms with van der Waals surface area (Å²) in [4.78, 5) is 25.8. The van der Waals surface area contributed by atoms with Crippen LogP contribution >= 0.6 is 15.9 Å². The lowest BCUT2D eigenvalue weighted by Gasteiger charge is -2.17. The van der Waals surface area contributed by atoms with Crippen LogP contribution in [0.25, 0.3) is 6.08 Å². The number of rotatable bonds is 5. The van der Waals surface area contributed by atoms with Gasteiger partial charge in [-0.3, -0.25) is 9.59 Å². The summed E-state index contributed by atoms with van der Waals surface area (Å²) in [6.07, 6.45) is 2.64. The first-order valence-corrected chi connectivity index (χ1v) is 9.22. The molecule has 27 heavy (non-hydrogen) atoms. The van der Waals surface area contributed by atoms with Crippen molar-refractivity contribution in [2.24, 2.45) is 0 Å². The van der Waals surface area contributed by atoms with E-state index in [4.69, 9.17) is 0 Å². The second-order valence-electron chi connectivity index (χ2n) is 6.52. The molecular weight excluding hydrogens is 411 g/mol. The van der Waals surface area contributed by atoms with E-state index in [0.717, 1.165) is 22.4 Å². The highest BCUT2D eigenvalue weighted by Gasteiger charge is 2.13. The summed E-state index contributed by atoms with van der Waals surface area (Å²) < 4.78 is 14.4. The lowest BCUT2D eigenvalue weighted by atomic mass is 10.1. The van der Waals surface area contributed by atoms with Crippen molar-refractivity contribution >= 4 is 39.5 Å². The van der Waals surface area contributed by atoms with Gasteiger partial charge >= 0.3 is 0 Å². The first-order valence-electron chi connectivity index (χ1n) is 8.43. The number of hydrogen-bond acceptors (Lipinski definition) is 2. The maximum absolute atomic E-state index is 13.7. The van der Waals surface area contributed by atoms with E-state index >= 15 is 0 Å². The smallest absolute Gasteiger partial charge is 0.246 e. The summed E-state index contributed by atoms with van der Waals surface area (Å²) in [5.41, 5.74) is 4.12. The standard InChI is InChI=1S/C21H22BrFN2O2/c1-13-9-14(2)21(15(3)10-13)24-19(26)12-25(4)20(27)8-5-16-11-17(22)6-7-18(16)23/h5-11H,12H2,1-4H3,(H,24,26)/b8-5+. The van der Waals surface area contributed by atoms with Gasteiger partial charge in [-0.05, 0) is 56.2 Å². The molecule has 1 N–H and O–H groups in total. The number of carbonyl (C=O) groups is 2. The highest BCUT2D eigenvalue weighted by atomic mass is 79.9. The summed E-state index contributed by atoms with van der Waals surface area (Å²) in [5.74, 6) is -1.10. The Hall–Kier alpha value is -2.47. The van der Waals surface area contributed by atoms with Gasteiger partial charge in [-0.1, -0.05) is 33.6 Å². The summed E-state index contributed by atoms with van der Waals surface area (Å²) in [5, 5.41) is 2.86. The third kappa shape index (κ3) is 5.76. The van der Waals surface area contributed by atoms with Crippen molar-refractivity contribution in [3.05, 3.63) is 69.0 Å². The fourth-order valence-electron chi connectivity index (χ4n) is 2.78. The molecule has 0 saturated carbocycles. The van der Waals surface area contributed by atoms with E-state index in [1.54, 1.807) is 12.1 Å². The monoisotopic (exact) mass is 432 g/mol. The predicted molar refractivity (Wildman–Crippen MR) is 110 cm³/mol. The zero-order chi connectivity index (χ0) is 20.1. The number of hydrogen-bond donors (Lipinski definition) is 1. The largest absolute Gasteiger partial charge is 0.333 e. The Kier molecular flexibility index (Phi) is 6.91. The summed E-state index contributed by atoms with van der Waals surface area (Å²) in [6, 6.07) is 8.46. The number of benzene rings is 2. The molecule has 0 saturated heterocycles. The minimum absolute atomic E-state index is 0.100. The molecule has 0 heterocycles. The van der Waals surface area contributed by atoms with Crippen LogP contribution in [0.2, 0.25) is 0 Å². The van der Waals surface area contributed by atoms with Crippen molar-refractivity contribution in [2.45, 2.75) is 20.8 Å². The van der Waals surface area contributed by atoms with Gasteiger partial charge in [0, 0.05) is 28.8 Å². The topological polar surface area (TPSA) is 49.4 Å². The van der Waals surface area contributed by atoms with Crippen molar-refractivity contribution < 1.29 is 14.0 Å². The van der Waals surface area contributed by atoms with E-state index in [-0.39, 0.29) is 18.4 Å². The molecule has 0 fully saturated rings. The quantitative estimate of drug-likeness (QED) is 0.700. The molecule has 2 aromatic rings. The number of nitrogens with one attached hydrogen (secondary N) is 1. The van der Waals surface area contributed by atoms with Crippen molar-refractivity contribution in [1.82, 2.24) is 4.90 Å². The number of likely N-dealkylation sites (N-methyl/N-ethyl adjacent to an activating group) is 1. The van der Waals surface area contributed by atoms with E-state index in [9.17, 15) is 14.0 Å². The molecule has 142 valence electrons. The maximum atomic E-state index is 13.7. The summed E-state index contributed by atoms with van der Waals surface area (Å²) in [7, 11) is 1.53. The molecule has 0 spiro atoms. The van der Waals surface area contributed by atoms with Crippen LogP contribution in [0.3, 0.4) is 0 Å². The highest BCUT2D eigenvalue weighted by Crippen LogP contribution is 2.22. The Morgan fingerprint density at radius 3 is 2.41 bits per heavy atom. The van der Waals surface area contributed by atoms with Gasteiger partial charge in [0.25, 0.3) is 0 Å². The van der Waals surface area contributed by atoms with E-state index in [2.05, 4.69) is 21.2 Å². The van der Waals surface area contributed by atoms with Crippen LogP contribution in [-0.4, -0.2) is 30.3 Å². The molecule has 0 radical (unpaired) electrons. The zero-order valence-electron chi connectivity index (χ0n) is 15.8. The molecule has 0 aliphatic heterocycles. The molecule has 0 aliphatic carbocycles. The number of carbonyl (C=O) groups excluding carboxylic acids is 2. The van der Waals surface area contributed by atoms with Crippen molar-refractivity contribution in [1.29, 1.82) is 0 Å². The van der Waals surface area contributed by atoms with Crippen molar-refractivity contribution in [3.8, 4) is 0 Å². The molecule has 2 aromatic carbocycles. The molecule has 0 unspecified atom stereocenters. The lowest BCUT2D eigenvalue weighted by Crippen LogP contribution is -2.34. The number of halogens is 2. The van der Waals surface area contributed by atoms with E-state index < -0.39 is 5.82 Å². The van der Waals surface area contributed by atoms with Crippen LogP contribution in [0.5, 0.6) is 0 Å². The van der Waals surface area contributed by atoms with Crippen LogP contribution in [-0.2, 0) is 9.59 Å². The Morgan fingerprint density at radius 1 is 1.15 bits per heavy atom. The first-order chi connectivity index (χ1) is 12.7. The Balaban J connectivity index is 2.01. The molecule has 6 heteroatoms. The minimum atomic E-state index is -0.423. The van der Waals surface area contributed by atoms with Gasteiger partial charge in [-0.2, -0.15) is 0 Å². The molecule has 0 bridgehead atoms. The molecule has 4 nitrogen and oxygen atoms in total. The fraction of sp³-hybridized carbons (Fsp3) is 0.238. The van der Waals surface area contributed by atoms with Gasteiger partial charge in [0.1, 0.15) is 5.82 Å². The van der Waals surface area contributed by atoms with Crippen molar-refractivity contribution in [3.63, 3.8) is 0 Å². The second kappa shape index (κ2) is 8.95. The van der Waals surface area contributed by atoms with E-state index in [1.165, 1.54) is 30.2 Å². The lowest BCUT2D eigenvalue weighted by molar-refractivity contribution is -0.129. The van der Waals surface area contributed by atoms with Gasteiger partial charge in [0.05, 0.1) is 6.54 Å². The third-order valence-electron chi connectivity index (χ3n) is 4.06. The molecule has 2 rings (SSSR count). The highest BCUT2D eigenvalue weighted by molar-refractivity contribution is 9.10. The van der Waals surface area contributed by atoms with E-state index in [0.29, 0.717) is 10.0 Å². The number of aryl methyl sites for hydroxylation is 3. The third-order valence-corrected chi connectivity index (χ3v) is 4.56. The number of amides is 2. The second-order valence-corrected chi connectivity index (χ2v) is 7.43. The minimum Gasteiger partial charge on any atom is -0.333 e. The van der Waals surface area contributed by atoms with Gasteiger partial charge in [0.15, 0.2) is 0 Å². The average Bonchev–Trinajstić information content (AvgIpc) is 2.58. The van der Waals surface area contributed by atoms with Crippen LogP contribution in [0.1, 0.15) is 22.3 Å². The van der Waals surface area contributed by atoms with Crippen LogP contribution in [0.4, 0.5) is 10.1 Å². The van der Waals surface area contributed by atoms with E-state index in [1.807, 2.05) is 32.9 Å².